The van der Waals surface area contributed by atoms with E-state index in [0.29, 0.717) is 11.9 Å². The van der Waals surface area contributed by atoms with Crippen molar-refractivity contribution in [3.05, 3.63) is 54.5 Å². The van der Waals surface area contributed by atoms with Crippen LogP contribution in [-0.2, 0) is 11.3 Å². The Morgan fingerprint density at radius 1 is 1.09 bits per heavy atom. The van der Waals surface area contributed by atoms with Crippen LogP contribution in [0.5, 0.6) is 5.88 Å². The van der Waals surface area contributed by atoms with E-state index in [1.807, 2.05) is 36.5 Å². The molecule has 0 spiro atoms. The van der Waals surface area contributed by atoms with Crippen LogP contribution in [0.3, 0.4) is 0 Å². The third-order valence-corrected chi connectivity index (χ3v) is 4.65. The fourth-order valence-electron chi connectivity index (χ4n) is 3.59. The second-order valence-electron chi connectivity index (χ2n) is 6.10. The van der Waals surface area contributed by atoms with Gasteiger partial charge in [0.1, 0.15) is 12.2 Å². The summed E-state index contributed by atoms with van der Waals surface area (Å²) in [4.78, 5) is 11.2. The lowest BCUT2D eigenvalue weighted by Crippen LogP contribution is -2.51. The Morgan fingerprint density at radius 2 is 1.96 bits per heavy atom. The maximum absolute atomic E-state index is 6.06. The highest BCUT2D eigenvalue weighted by Gasteiger charge is 2.44. The standard InChI is InChI=1S/C18H21N3O2/c1-3-9-19-14(5-1)13-21-11-12-22-18-15(21)7-8-16(18)23-17-6-2-4-10-20-17/h1-6,9-10,15-16,18H,7-8,11-13H2/t15-,16+,18+/m1/s1. The van der Waals surface area contributed by atoms with E-state index in [2.05, 4.69) is 20.9 Å². The molecule has 3 heterocycles. The van der Waals surface area contributed by atoms with E-state index in [1.165, 1.54) is 0 Å². The fraction of sp³-hybridized carbons (Fsp3) is 0.444. The molecule has 0 unspecified atom stereocenters. The Hall–Kier alpha value is -1.98. The summed E-state index contributed by atoms with van der Waals surface area (Å²) in [5, 5.41) is 0. The van der Waals surface area contributed by atoms with Crippen LogP contribution < -0.4 is 4.74 Å². The first kappa shape index (κ1) is 14.6. The molecule has 1 aliphatic heterocycles. The van der Waals surface area contributed by atoms with Gasteiger partial charge in [-0.05, 0) is 31.0 Å². The molecule has 1 saturated carbocycles. The van der Waals surface area contributed by atoms with Gasteiger partial charge in [-0.15, -0.1) is 0 Å². The smallest absolute Gasteiger partial charge is 0.213 e. The SMILES string of the molecule is c1ccc(CN2CCO[C@@H]3[C@@H](Oc4ccccn4)CC[C@H]32)nc1. The van der Waals surface area contributed by atoms with Gasteiger partial charge in [-0.25, -0.2) is 4.98 Å². The Labute approximate surface area is 136 Å². The molecule has 2 aromatic rings. The lowest BCUT2D eigenvalue weighted by Gasteiger charge is -2.38. The molecule has 2 fully saturated rings. The van der Waals surface area contributed by atoms with Crippen LogP contribution in [0, 0.1) is 0 Å². The Balaban J connectivity index is 1.44. The van der Waals surface area contributed by atoms with Crippen molar-refractivity contribution in [3.8, 4) is 5.88 Å². The van der Waals surface area contributed by atoms with E-state index in [4.69, 9.17) is 9.47 Å². The van der Waals surface area contributed by atoms with Crippen LogP contribution in [-0.4, -0.2) is 46.3 Å². The van der Waals surface area contributed by atoms with Crippen LogP contribution in [0.15, 0.2) is 48.8 Å². The van der Waals surface area contributed by atoms with Crippen molar-refractivity contribution < 1.29 is 9.47 Å². The highest BCUT2D eigenvalue weighted by molar-refractivity contribution is 5.11. The van der Waals surface area contributed by atoms with Gasteiger partial charge in [-0.2, -0.15) is 0 Å². The number of ether oxygens (including phenoxy) is 2. The molecule has 2 aliphatic rings. The first-order valence-electron chi connectivity index (χ1n) is 8.23. The van der Waals surface area contributed by atoms with Crippen LogP contribution in [0.25, 0.3) is 0 Å². The number of aromatic nitrogens is 2. The summed E-state index contributed by atoms with van der Waals surface area (Å²) >= 11 is 0. The molecule has 5 nitrogen and oxygen atoms in total. The van der Waals surface area contributed by atoms with E-state index in [9.17, 15) is 0 Å². The largest absolute Gasteiger partial charge is 0.472 e. The van der Waals surface area contributed by atoms with E-state index in [-0.39, 0.29) is 12.2 Å². The molecule has 0 aromatic carbocycles. The second-order valence-corrected chi connectivity index (χ2v) is 6.10. The van der Waals surface area contributed by atoms with Gasteiger partial charge in [0, 0.05) is 37.6 Å². The first-order chi connectivity index (χ1) is 11.4. The molecule has 0 amide bonds. The molecule has 23 heavy (non-hydrogen) atoms. The number of morpholine rings is 1. The van der Waals surface area contributed by atoms with Gasteiger partial charge >= 0.3 is 0 Å². The second kappa shape index (κ2) is 6.64. The summed E-state index contributed by atoms with van der Waals surface area (Å²) in [5.41, 5.74) is 1.11. The maximum atomic E-state index is 6.06. The van der Waals surface area contributed by atoms with Crippen LogP contribution in [0.1, 0.15) is 18.5 Å². The van der Waals surface area contributed by atoms with Crippen molar-refractivity contribution >= 4 is 0 Å². The van der Waals surface area contributed by atoms with Gasteiger partial charge in [0.15, 0.2) is 0 Å². The maximum Gasteiger partial charge on any atom is 0.213 e. The summed E-state index contributed by atoms with van der Waals surface area (Å²) in [5.74, 6) is 0.684. The molecule has 5 heteroatoms. The zero-order valence-electron chi connectivity index (χ0n) is 13.0. The molecule has 120 valence electrons. The zero-order valence-corrected chi connectivity index (χ0v) is 13.0. The van der Waals surface area contributed by atoms with E-state index in [0.717, 1.165) is 38.2 Å². The molecular formula is C18H21N3O2. The van der Waals surface area contributed by atoms with Gasteiger partial charge in [0.05, 0.1) is 12.3 Å². The van der Waals surface area contributed by atoms with Crippen molar-refractivity contribution in [1.82, 2.24) is 14.9 Å². The van der Waals surface area contributed by atoms with Gasteiger partial charge in [-0.1, -0.05) is 12.1 Å². The summed E-state index contributed by atoms with van der Waals surface area (Å²) in [6.07, 6.45) is 5.92. The summed E-state index contributed by atoms with van der Waals surface area (Å²) < 4.78 is 12.1. The molecule has 1 saturated heterocycles. The number of nitrogens with zero attached hydrogens (tertiary/aromatic N) is 3. The third-order valence-electron chi connectivity index (χ3n) is 4.65. The molecule has 1 aliphatic carbocycles. The molecule has 4 rings (SSSR count). The van der Waals surface area contributed by atoms with Crippen LogP contribution >= 0.6 is 0 Å². The predicted molar refractivity (Wildman–Crippen MR) is 86.1 cm³/mol. The van der Waals surface area contributed by atoms with Gasteiger partial charge in [0.2, 0.25) is 5.88 Å². The molecular weight excluding hydrogens is 290 g/mol. The summed E-state index contributed by atoms with van der Waals surface area (Å²) in [7, 11) is 0. The lowest BCUT2D eigenvalue weighted by molar-refractivity contribution is -0.0925. The normalized spacial score (nSPS) is 27.6. The van der Waals surface area contributed by atoms with Crippen LogP contribution in [0.2, 0.25) is 0 Å². The number of fused-ring (bicyclic) bond motifs is 1. The van der Waals surface area contributed by atoms with E-state index >= 15 is 0 Å². The molecule has 2 aromatic heterocycles. The Kier molecular flexibility index (Phi) is 4.22. The third kappa shape index (κ3) is 3.21. The minimum Gasteiger partial charge on any atom is -0.472 e. The molecule has 3 atom stereocenters. The minimum absolute atomic E-state index is 0.0847. The Morgan fingerprint density at radius 3 is 2.74 bits per heavy atom. The summed E-state index contributed by atoms with van der Waals surface area (Å²) in [6, 6.07) is 12.2. The average Bonchev–Trinajstić information content (AvgIpc) is 3.01. The van der Waals surface area contributed by atoms with Gasteiger partial charge in [-0.3, -0.25) is 9.88 Å². The quantitative estimate of drug-likeness (QED) is 0.867. The molecule has 0 N–H and O–H groups in total. The first-order valence-corrected chi connectivity index (χ1v) is 8.23. The number of pyridine rings is 2. The average molecular weight is 311 g/mol. The Bertz CT molecular complexity index is 623. The molecule has 0 radical (unpaired) electrons. The number of hydrogen-bond acceptors (Lipinski definition) is 5. The highest BCUT2D eigenvalue weighted by Crippen LogP contribution is 2.33. The monoisotopic (exact) mass is 311 g/mol. The van der Waals surface area contributed by atoms with Crippen molar-refractivity contribution in [2.75, 3.05) is 13.2 Å². The number of hydrogen-bond donors (Lipinski definition) is 0. The van der Waals surface area contributed by atoms with E-state index in [1.54, 1.807) is 6.20 Å². The van der Waals surface area contributed by atoms with E-state index < -0.39 is 0 Å². The highest BCUT2D eigenvalue weighted by atomic mass is 16.5. The predicted octanol–water partition coefficient (Wildman–Crippen LogP) is 2.29. The van der Waals surface area contributed by atoms with Gasteiger partial charge in [0.25, 0.3) is 0 Å². The lowest BCUT2D eigenvalue weighted by atomic mass is 10.1. The van der Waals surface area contributed by atoms with Crippen molar-refractivity contribution in [2.24, 2.45) is 0 Å². The van der Waals surface area contributed by atoms with Crippen molar-refractivity contribution in [3.63, 3.8) is 0 Å². The van der Waals surface area contributed by atoms with Gasteiger partial charge < -0.3 is 9.47 Å². The minimum atomic E-state index is 0.0847. The summed E-state index contributed by atoms with van der Waals surface area (Å²) in [6.45, 7) is 2.58. The van der Waals surface area contributed by atoms with Crippen molar-refractivity contribution in [1.29, 1.82) is 0 Å². The molecule has 0 bridgehead atoms. The fourth-order valence-corrected chi connectivity index (χ4v) is 3.59. The van der Waals surface area contributed by atoms with Crippen LogP contribution in [0.4, 0.5) is 0 Å². The van der Waals surface area contributed by atoms with Crippen molar-refractivity contribution in [2.45, 2.75) is 37.6 Å². The topological polar surface area (TPSA) is 47.5 Å². The number of rotatable bonds is 4. The zero-order chi connectivity index (χ0) is 15.5.